The first kappa shape index (κ1) is 14.2. The minimum Gasteiger partial charge on any atom is -0.461 e. The van der Waals surface area contributed by atoms with Crippen molar-refractivity contribution in [3.8, 4) is 0 Å². The van der Waals surface area contributed by atoms with Gasteiger partial charge < -0.3 is 4.74 Å². The molecule has 4 nitrogen and oxygen atoms in total. The van der Waals surface area contributed by atoms with Gasteiger partial charge in [-0.15, -0.1) is 0 Å². The van der Waals surface area contributed by atoms with Crippen LogP contribution in [0.2, 0.25) is 0 Å². The molecular formula is C18H24N2O2. The van der Waals surface area contributed by atoms with Crippen LogP contribution in [0.15, 0.2) is 12.1 Å². The second-order valence-electron chi connectivity index (χ2n) is 7.24. The molecule has 1 spiro atoms. The largest absolute Gasteiger partial charge is 0.461 e. The number of aromatic nitrogens is 1. The van der Waals surface area contributed by atoms with Crippen molar-refractivity contribution in [3.63, 3.8) is 0 Å². The predicted octanol–water partition coefficient (Wildman–Crippen LogP) is 3.12. The zero-order valence-electron chi connectivity index (χ0n) is 13.3. The molecule has 0 bridgehead atoms. The molecule has 118 valence electrons. The lowest BCUT2D eigenvalue weighted by Gasteiger charge is -2.17. The van der Waals surface area contributed by atoms with E-state index in [1.54, 1.807) is 0 Å². The van der Waals surface area contributed by atoms with Crippen LogP contribution in [-0.2, 0) is 11.3 Å². The third kappa shape index (κ3) is 2.89. The maximum absolute atomic E-state index is 12.0. The topological polar surface area (TPSA) is 42.4 Å². The second-order valence-corrected chi connectivity index (χ2v) is 7.24. The van der Waals surface area contributed by atoms with E-state index in [-0.39, 0.29) is 5.97 Å². The average Bonchev–Trinajstić information content (AvgIpc) is 3.39. The lowest BCUT2D eigenvalue weighted by Crippen LogP contribution is -2.21. The summed E-state index contributed by atoms with van der Waals surface area (Å²) < 4.78 is 5.14. The molecule has 2 aliphatic carbocycles. The van der Waals surface area contributed by atoms with Gasteiger partial charge in [-0.1, -0.05) is 0 Å². The smallest absolute Gasteiger partial charge is 0.356 e. The number of pyridine rings is 1. The molecule has 0 radical (unpaired) electrons. The van der Waals surface area contributed by atoms with E-state index in [1.165, 1.54) is 50.8 Å². The van der Waals surface area contributed by atoms with Crippen LogP contribution >= 0.6 is 0 Å². The molecule has 2 heterocycles. The minimum absolute atomic E-state index is 0.286. The van der Waals surface area contributed by atoms with E-state index in [9.17, 15) is 4.79 Å². The Morgan fingerprint density at radius 1 is 1.36 bits per heavy atom. The molecule has 1 aliphatic heterocycles. The summed E-state index contributed by atoms with van der Waals surface area (Å²) in [6.45, 7) is 5.59. The van der Waals surface area contributed by atoms with Crippen LogP contribution < -0.4 is 0 Å². The van der Waals surface area contributed by atoms with Gasteiger partial charge in [0, 0.05) is 24.7 Å². The Hall–Kier alpha value is -1.42. The lowest BCUT2D eigenvalue weighted by atomic mass is 10.1. The van der Waals surface area contributed by atoms with E-state index in [0.29, 0.717) is 23.6 Å². The maximum Gasteiger partial charge on any atom is 0.356 e. The van der Waals surface area contributed by atoms with Crippen LogP contribution in [0.1, 0.15) is 66.7 Å². The highest BCUT2D eigenvalue weighted by molar-refractivity contribution is 5.87. The highest BCUT2D eigenvalue weighted by atomic mass is 16.5. The Morgan fingerprint density at radius 3 is 2.82 bits per heavy atom. The zero-order valence-corrected chi connectivity index (χ0v) is 13.3. The number of rotatable bonds is 5. The Kier molecular flexibility index (Phi) is 3.44. The van der Waals surface area contributed by atoms with Gasteiger partial charge in [-0.2, -0.15) is 0 Å². The quantitative estimate of drug-likeness (QED) is 0.784. The summed E-state index contributed by atoms with van der Waals surface area (Å²) in [6.07, 6.45) is 6.55. The number of carbonyl (C=O) groups excluding carboxylic acids is 1. The minimum atomic E-state index is -0.286. The first-order chi connectivity index (χ1) is 10.7. The van der Waals surface area contributed by atoms with Crippen LogP contribution in [0.25, 0.3) is 0 Å². The number of hydrogen-bond donors (Lipinski definition) is 0. The summed E-state index contributed by atoms with van der Waals surface area (Å²) in [5.41, 5.74) is 3.44. The Morgan fingerprint density at radius 2 is 2.18 bits per heavy atom. The number of ether oxygens (including phenoxy) is 1. The molecule has 3 fully saturated rings. The number of hydrogen-bond acceptors (Lipinski definition) is 4. The fourth-order valence-corrected chi connectivity index (χ4v) is 3.61. The summed E-state index contributed by atoms with van der Waals surface area (Å²) in [4.78, 5) is 19.1. The lowest BCUT2D eigenvalue weighted by molar-refractivity contribution is 0.0519. The van der Waals surface area contributed by atoms with Crippen LogP contribution in [-0.4, -0.2) is 35.5 Å². The third-order valence-corrected chi connectivity index (χ3v) is 5.27. The van der Waals surface area contributed by atoms with Crippen molar-refractivity contribution in [1.82, 2.24) is 9.88 Å². The Bertz CT molecular complexity index is 591. The van der Waals surface area contributed by atoms with Gasteiger partial charge in [-0.25, -0.2) is 9.78 Å². The standard InChI is InChI=1S/C18H24N2O2/c1-2-22-17(21)16-10-13(9-15(19-16)14-3-4-14)11-20-8-7-18(12-20)5-6-18/h9-10,14H,2-8,11-12H2,1H3. The normalized spacial score (nSPS) is 23.0. The third-order valence-electron chi connectivity index (χ3n) is 5.27. The SMILES string of the molecule is CCOC(=O)c1cc(CN2CCC3(CC3)C2)cc(C2CC2)n1. The van der Waals surface area contributed by atoms with Crippen molar-refractivity contribution in [2.75, 3.05) is 19.7 Å². The van der Waals surface area contributed by atoms with Crippen molar-refractivity contribution < 1.29 is 9.53 Å². The van der Waals surface area contributed by atoms with Crippen LogP contribution in [0.5, 0.6) is 0 Å². The van der Waals surface area contributed by atoms with Gasteiger partial charge in [0.25, 0.3) is 0 Å². The predicted molar refractivity (Wildman–Crippen MR) is 83.7 cm³/mol. The van der Waals surface area contributed by atoms with Crippen LogP contribution in [0, 0.1) is 5.41 Å². The van der Waals surface area contributed by atoms with Gasteiger partial charge in [0.2, 0.25) is 0 Å². The molecule has 1 aromatic heterocycles. The number of esters is 1. The molecule has 4 heteroatoms. The summed E-state index contributed by atoms with van der Waals surface area (Å²) in [5.74, 6) is 0.271. The first-order valence-corrected chi connectivity index (χ1v) is 8.58. The average molecular weight is 300 g/mol. The molecule has 0 unspecified atom stereocenters. The number of nitrogens with zero attached hydrogens (tertiary/aromatic N) is 2. The van der Waals surface area contributed by atoms with E-state index < -0.39 is 0 Å². The summed E-state index contributed by atoms with van der Waals surface area (Å²) in [5, 5.41) is 0. The molecular weight excluding hydrogens is 276 g/mol. The van der Waals surface area contributed by atoms with Crippen LogP contribution in [0.3, 0.4) is 0 Å². The van der Waals surface area contributed by atoms with Gasteiger partial charge >= 0.3 is 5.97 Å². The summed E-state index contributed by atoms with van der Waals surface area (Å²) in [7, 11) is 0. The van der Waals surface area contributed by atoms with E-state index in [0.717, 1.165) is 12.2 Å². The molecule has 2 saturated carbocycles. The number of likely N-dealkylation sites (tertiary alicyclic amines) is 1. The molecule has 0 N–H and O–H groups in total. The van der Waals surface area contributed by atoms with Crippen LogP contribution in [0.4, 0.5) is 0 Å². The Balaban J connectivity index is 1.53. The summed E-state index contributed by atoms with van der Waals surface area (Å²) in [6, 6.07) is 4.14. The molecule has 4 rings (SSSR count). The van der Waals surface area contributed by atoms with Crippen molar-refractivity contribution in [3.05, 3.63) is 29.1 Å². The first-order valence-electron chi connectivity index (χ1n) is 8.58. The van der Waals surface area contributed by atoms with Crippen molar-refractivity contribution >= 4 is 5.97 Å². The van der Waals surface area contributed by atoms with E-state index >= 15 is 0 Å². The van der Waals surface area contributed by atoms with Gasteiger partial charge in [0.1, 0.15) is 5.69 Å². The van der Waals surface area contributed by atoms with Gasteiger partial charge in [0.05, 0.1) is 6.61 Å². The maximum atomic E-state index is 12.0. The molecule has 0 amide bonds. The molecule has 1 saturated heterocycles. The molecule has 0 aromatic carbocycles. The number of carbonyl (C=O) groups is 1. The van der Waals surface area contributed by atoms with E-state index in [4.69, 9.17) is 4.74 Å². The molecule has 3 aliphatic rings. The highest BCUT2D eigenvalue weighted by Crippen LogP contribution is 2.52. The van der Waals surface area contributed by atoms with Crippen molar-refractivity contribution in [1.29, 1.82) is 0 Å². The second kappa shape index (κ2) is 5.34. The van der Waals surface area contributed by atoms with E-state index in [1.807, 2.05) is 13.0 Å². The fourth-order valence-electron chi connectivity index (χ4n) is 3.61. The van der Waals surface area contributed by atoms with Gasteiger partial charge in [-0.05, 0) is 68.7 Å². The zero-order chi connectivity index (χ0) is 15.2. The Labute approximate surface area is 131 Å². The van der Waals surface area contributed by atoms with Crippen molar-refractivity contribution in [2.45, 2.75) is 51.5 Å². The monoisotopic (exact) mass is 300 g/mol. The summed E-state index contributed by atoms with van der Waals surface area (Å²) >= 11 is 0. The van der Waals surface area contributed by atoms with Gasteiger partial charge in [-0.3, -0.25) is 4.90 Å². The van der Waals surface area contributed by atoms with E-state index in [2.05, 4.69) is 16.0 Å². The molecule has 22 heavy (non-hydrogen) atoms. The molecule has 0 atom stereocenters. The van der Waals surface area contributed by atoms with Gasteiger partial charge in [0.15, 0.2) is 0 Å². The van der Waals surface area contributed by atoms with Crippen molar-refractivity contribution in [2.24, 2.45) is 5.41 Å². The molecule has 1 aromatic rings. The fraction of sp³-hybridized carbons (Fsp3) is 0.667. The highest BCUT2D eigenvalue weighted by Gasteiger charge is 2.47.